The maximum atomic E-state index is 12.1. The number of anilines is 2. The standard InChI is InChI=1S/C17H20N2O/c1-11-6-4-5-7-14(11)9-17(20)19-16-10-15(18)12(2)8-13(16)3/h4-8,10H,9,18H2,1-3H3,(H,19,20). The van der Waals surface area contributed by atoms with Crippen molar-refractivity contribution < 1.29 is 4.79 Å². The predicted octanol–water partition coefficient (Wildman–Crippen LogP) is 3.38. The van der Waals surface area contributed by atoms with E-state index in [4.69, 9.17) is 5.73 Å². The average Bonchev–Trinajstić information content (AvgIpc) is 2.39. The average molecular weight is 268 g/mol. The van der Waals surface area contributed by atoms with Gasteiger partial charge in [-0.1, -0.05) is 30.3 Å². The van der Waals surface area contributed by atoms with Crippen LogP contribution in [0.1, 0.15) is 22.3 Å². The Balaban J connectivity index is 2.13. The quantitative estimate of drug-likeness (QED) is 0.838. The maximum Gasteiger partial charge on any atom is 0.228 e. The van der Waals surface area contributed by atoms with Crippen molar-refractivity contribution in [3.63, 3.8) is 0 Å². The first-order valence-electron chi connectivity index (χ1n) is 6.68. The first-order valence-corrected chi connectivity index (χ1v) is 6.68. The predicted molar refractivity (Wildman–Crippen MR) is 83.8 cm³/mol. The molecule has 0 unspecified atom stereocenters. The van der Waals surface area contributed by atoms with E-state index in [1.807, 2.05) is 57.2 Å². The lowest BCUT2D eigenvalue weighted by Crippen LogP contribution is -2.16. The molecule has 3 nitrogen and oxygen atoms in total. The van der Waals surface area contributed by atoms with E-state index in [0.717, 1.165) is 27.9 Å². The number of carbonyl (C=O) groups excluding carboxylic acids is 1. The van der Waals surface area contributed by atoms with Crippen molar-refractivity contribution >= 4 is 17.3 Å². The van der Waals surface area contributed by atoms with Gasteiger partial charge in [-0.05, 0) is 49.1 Å². The Kier molecular flexibility index (Phi) is 4.08. The minimum atomic E-state index is -0.0225. The van der Waals surface area contributed by atoms with Gasteiger partial charge >= 0.3 is 0 Å². The van der Waals surface area contributed by atoms with Crippen molar-refractivity contribution in [2.24, 2.45) is 0 Å². The van der Waals surface area contributed by atoms with Gasteiger partial charge in [0.15, 0.2) is 0 Å². The van der Waals surface area contributed by atoms with Gasteiger partial charge in [0, 0.05) is 11.4 Å². The highest BCUT2D eigenvalue weighted by molar-refractivity contribution is 5.93. The third-order valence-corrected chi connectivity index (χ3v) is 3.50. The number of nitrogens with one attached hydrogen (secondary N) is 1. The molecule has 0 radical (unpaired) electrons. The third-order valence-electron chi connectivity index (χ3n) is 3.50. The molecule has 0 fully saturated rings. The zero-order chi connectivity index (χ0) is 14.7. The van der Waals surface area contributed by atoms with Gasteiger partial charge < -0.3 is 11.1 Å². The number of nitrogens with two attached hydrogens (primary N) is 1. The second-order valence-corrected chi connectivity index (χ2v) is 5.18. The van der Waals surface area contributed by atoms with Gasteiger partial charge in [-0.3, -0.25) is 4.79 Å². The normalized spacial score (nSPS) is 10.3. The molecule has 0 spiro atoms. The summed E-state index contributed by atoms with van der Waals surface area (Å²) in [6, 6.07) is 11.7. The summed E-state index contributed by atoms with van der Waals surface area (Å²) in [6.07, 6.45) is 0.375. The minimum absolute atomic E-state index is 0.0225. The molecule has 2 aromatic carbocycles. The van der Waals surface area contributed by atoms with Crippen LogP contribution in [0.15, 0.2) is 36.4 Å². The molecule has 2 rings (SSSR count). The van der Waals surface area contributed by atoms with E-state index >= 15 is 0 Å². The molecule has 104 valence electrons. The fourth-order valence-corrected chi connectivity index (χ4v) is 2.18. The van der Waals surface area contributed by atoms with Crippen LogP contribution in [0.4, 0.5) is 11.4 Å². The fourth-order valence-electron chi connectivity index (χ4n) is 2.18. The molecule has 0 saturated carbocycles. The molecule has 2 aromatic rings. The van der Waals surface area contributed by atoms with E-state index in [1.54, 1.807) is 0 Å². The van der Waals surface area contributed by atoms with Crippen LogP contribution in [0.5, 0.6) is 0 Å². The van der Waals surface area contributed by atoms with E-state index < -0.39 is 0 Å². The number of carbonyl (C=O) groups is 1. The molecule has 0 aromatic heterocycles. The Morgan fingerprint density at radius 3 is 2.45 bits per heavy atom. The number of benzene rings is 2. The number of amides is 1. The van der Waals surface area contributed by atoms with Crippen molar-refractivity contribution in [1.29, 1.82) is 0 Å². The first-order chi connectivity index (χ1) is 9.47. The van der Waals surface area contributed by atoms with Gasteiger partial charge in [0.25, 0.3) is 0 Å². The Morgan fingerprint density at radius 1 is 1.05 bits per heavy atom. The van der Waals surface area contributed by atoms with Gasteiger partial charge in [-0.2, -0.15) is 0 Å². The zero-order valence-electron chi connectivity index (χ0n) is 12.2. The Bertz CT molecular complexity index is 647. The van der Waals surface area contributed by atoms with Gasteiger partial charge in [0.2, 0.25) is 5.91 Å². The van der Waals surface area contributed by atoms with Gasteiger partial charge in [-0.15, -0.1) is 0 Å². The monoisotopic (exact) mass is 268 g/mol. The molecular formula is C17H20N2O. The van der Waals surface area contributed by atoms with Crippen LogP contribution in [-0.2, 0) is 11.2 Å². The number of hydrogen-bond donors (Lipinski definition) is 2. The van der Waals surface area contributed by atoms with Gasteiger partial charge in [0.1, 0.15) is 0 Å². The summed E-state index contributed by atoms with van der Waals surface area (Å²) in [5.41, 5.74) is 11.6. The SMILES string of the molecule is Cc1cc(C)c(NC(=O)Cc2ccccc2C)cc1N. The van der Waals surface area contributed by atoms with Crippen molar-refractivity contribution in [2.75, 3.05) is 11.1 Å². The number of hydrogen-bond acceptors (Lipinski definition) is 2. The summed E-state index contributed by atoms with van der Waals surface area (Å²) in [4.78, 5) is 12.1. The van der Waals surface area contributed by atoms with Crippen LogP contribution in [0.2, 0.25) is 0 Å². The summed E-state index contributed by atoms with van der Waals surface area (Å²) in [6.45, 7) is 5.94. The smallest absolute Gasteiger partial charge is 0.228 e. The molecule has 0 aliphatic carbocycles. The van der Waals surface area contributed by atoms with Crippen LogP contribution in [0.25, 0.3) is 0 Å². The second kappa shape index (κ2) is 5.78. The highest BCUT2D eigenvalue weighted by Crippen LogP contribution is 2.22. The zero-order valence-corrected chi connectivity index (χ0v) is 12.2. The van der Waals surface area contributed by atoms with E-state index in [1.165, 1.54) is 0 Å². The van der Waals surface area contributed by atoms with Crippen LogP contribution < -0.4 is 11.1 Å². The number of nitrogen functional groups attached to an aromatic ring is 1. The van der Waals surface area contributed by atoms with Crippen molar-refractivity contribution in [3.05, 3.63) is 58.7 Å². The van der Waals surface area contributed by atoms with Crippen molar-refractivity contribution in [1.82, 2.24) is 0 Å². The molecule has 0 bridgehead atoms. The number of aryl methyl sites for hydroxylation is 3. The molecule has 3 N–H and O–H groups in total. The lowest BCUT2D eigenvalue weighted by atomic mass is 10.0. The van der Waals surface area contributed by atoms with Crippen LogP contribution in [0.3, 0.4) is 0 Å². The van der Waals surface area contributed by atoms with Crippen molar-refractivity contribution in [2.45, 2.75) is 27.2 Å². The topological polar surface area (TPSA) is 55.1 Å². The highest BCUT2D eigenvalue weighted by Gasteiger charge is 2.09. The summed E-state index contributed by atoms with van der Waals surface area (Å²) in [7, 11) is 0. The van der Waals surface area contributed by atoms with Gasteiger partial charge in [0.05, 0.1) is 6.42 Å². The largest absolute Gasteiger partial charge is 0.398 e. The fraction of sp³-hybridized carbons (Fsp3) is 0.235. The van der Waals surface area contributed by atoms with E-state index in [2.05, 4.69) is 5.32 Å². The highest BCUT2D eigenvalue weighted by atomic mass is 16.1. The summed E-state index contributed by atoms with van der Waals surface area (Å²) in [5, 5.41) is 2.94. The third kappa shape index (κ3) is 3.18. The molecule has 0 atom stereocenters. The van der Waals surface area contributed by atoms with E-state index in [9.17, 15) is 4.79 Å². The van der Waals surface area contributed by atoms with Crippen molar-refractivity contribution in [3.8, 4) is 0 Å². The molecule has 20 heavy (non-hydrogen) atoms. The summed E-state index contributed by atoms with van der Waals surface area (Å²) in [5.74, 6) is -0.0225. The first kappa shape index (κ1) is 14.1. The molecule has 0 aliphatic heterocycles. The number of rotatable bonds is 3. The molecule has 0 aliphatic rings. The molecule has 0 saturated heterocycles. The van der Waals surface area contributed by atoms with E-state index in [-0.39, 0.29) is 5.91 Å². The Hall–Kier alpha value is -2.29. The van der Waals surface area contributed by atoms with Crippen LogP contribution in [-0.4, -0.2) is 5.91 Å². The van der Waals surface area contributed by atoms with Crippen LogP contribution in [0, 0.1) is 20.8 Å². The summed E-state index contributed by atoms with van der Waals surface area (Å²) < 4.78 is 0. The lowest BCUT2D eigenvalue weighted by Gasteiger charge is -2.12. The Labute approximate surface area is 119 Å². The minimum Gasteiger partial charge on any atom is -0.398 e. The lowest BCUT2D eigenvalue weighted by molar-refractivity contribution is -0.115. The van der Waals surface area contributed by atoms with E-state index in [0.29, 0.717) is 12.1 Å². The second-order valence-electron chi connectivity index (χ2n) is 5.18. The molecule has 3 heteroatoms. The van der Waals surface area contributed by atoms with Gasteiger partial charge in [-0.25, -0.2) is 0 Å². The maximum absolute atomic E-state index is 12.1. The van der Waals surface area contributed by atoms with Crippen LogP contribution >= 0.6 is 0 Å². The summed E-state index contributed by atoms with van der Waals surface area (Å²) >= 11 is 0. The molecular weight excluding hydrogens is 248 g/mol. The molecule has 1 amide bonds. The Morgan fingerprint density at radius 2 is 1.75 bits per heavy atom. The molecule has 0 heterocycles.